The van der Waals surface area contributed by atoms with Gasteiger partial charge in [-0.3, -0.25) is 9.48 Å². The molecule has 5 nitrogen and oxygen atoms in total. The van der Waals surface area contributed by atoms with E-state index in [-0.39, 0.29) is 5.91 Å². The van der Waals surface area contributed by atoms with Crippen molar-refractivity contribution in [2.75, 3.05) is 11.1 Å². The summed E-state index contributed by atoms with van der Waals surface area (Å²) >= 11 is 12.8. The van der Waals surface area contributed by atoms with Crippen LogP contribution in [0.15, 0.2) is 6.07 Å². The Morgan fingerprint density at radius 3 is 2.67 bits per heavy atom. The summed E-state index contributed by atoms with van der Waals surface area (Å²) in [6.07, 6.45) is 0. The fraction of sp³-hybridized carbons (Fsp3) is 0.200. The first-order chi connectivity index (χ1) is 8.40. The molecular formula is C10H10Cl2N4OS. The van der Waals surface area contributed by atoms with E-state index in [1.54, 1.807) is 14.0 Å². The maximum Gasteiger partial charge on any atom is 0.259 e. The number of thiophene rings is 1. The first-order valence-corrected chi connectivity index (χ1v) is 6.52. The Morgan fingerprint density at radius 2 is 2.22 bits per heavy atom. The van der Waals surface area contributed by atoms with Gasteiger partial charge in [-0.25, -0.2) is 0 Å². The zero-order valence-electron chi connectivity index (χ0n) is 9.62. The number of carbonyl (C=O) groups excluding carboxylic acids is 1. The zero-order valence-corrected chi connectivity index (χ0v) is 11.9. The molecule has 0 aliphatic heterocycles. The molecule has 0 aliphatic rings. The van der Waals surface area contributed by atoms with Crippen molar-refractivity contribution in [3.63, 3.8) is 0 Å². The predicted octanol–water partition coefficient (Wildman–Crippen LogP) is 2.93. The highest BCUT2D eigenvalue weighted by Crippen LogP contribution is 2.32. The topological polar surface area (TPSA) is 72.9 Å². The normalized spacial score (nSPS) is 10.7. The lowest BCUT2D eigenvalue weighted by Gasteiger charge is -2.05. The van der Waals surface area contributed by atoms with E-state index in [0.717, 1.165) is 11.3 Å². The molecule has 0 atom stereocenters. The van der Waals surface area contributed by atoms with E-state index < -0.39 is 0 Å². The van der Waals surface area contributed by atoms with Gasteiger partial charge in [0.1, 0.15) is 4.34 Å². The Kier molecular flexibility index (Phi) is 3.52. The van der Waals surface area contributed by atoms with Crippen LogP contribution in [-0.4, -0.2) is 15.7 Å². The molecule has 0 aliphatic carbocycles. The van der Waals surface area contributed by atoms with Crippen molar-refractivity contribution in [3.05, 3.63) is 26.0 Å². The fourth-order valence-corrected chi connectivity index (χ4v) is 2.95. The Balaban J connectivity index is 2.29. The second kappa shape index (κ2) is 4.79. The van der Waals surface area contributed by atoms with E-state index >= 15 is 0 Å². The van der Waals surface area contributed by atoms with Crippen LogP contribution in [0.4, 0.5) is 11.5 Å². The molecule has 0 bridgehead atoms. The number of halogens is 2. The molecule has 0 radical (unpaired) electrons. The minimum absolute atomic E-state index is 0.324. The SMILES string of the molecule is Cc1nn(C)c(NC(=O)c2cc(Cl)sc2Cl)c1N. The molecule has 0 fully saturated rings. The van der Waals surface area contributed by atoms with Crippen molar-refractivity contribution in [1.29, 1.82) is 0 Å². The van der Waals surface area contributed by atoms with Gasteiger partial charge in [0.15, 0.2) is 5.82 Å². The molecular weight excluding hydrogens is 295 g/mol. The maximum atomic E-state index is 12.0. The summed E-state index contributed by atoms with van der Waals surface area (Å²) in [4.78, 5) is 12.0. The lowest BCUT2D eigenvalue weighted by molar-refractivity contribution is 0.102. The van der Waals surface area contributed by atoms with Crippen molar-refractivity contribution >= 4 is 52.0 Å². The van der Waals surface area contributed by atoms with Gasteiger partial charge in [-0.05, 0) is 13.0 Å². The smallest absolute Gasteiger partial charge is 0.259 e. The number of nitrogen functional groups attached to an aromatic ring is 1. The monoisotopic (exact) mass is 304 g/mol. The summed E-state index contributed by atoms with van der Waals surface area (Å²) in [5.74, 6) is 0.0775. The standard InChI is InChI=1S/C10H10Cl2N4OS/c1-4-7(13)9(16(2)15-4)14-10(17)5-3-6(11)18-8(5)12/h3H,13H2,1-2H3,(H,14,17). The summed E-state index contributed by atoms with van der Waals surface area (Å²) in [6.45, 7) is 1.76. The molecule has 0 saturated carbocycles. The second-order valence-corrected chi connectivity index (χ2v) is 5.95. The van der Waals surface area contributed by atoms with Crippen LogP contribution in [0.3, 0.4) is 0 Å². The number of aryl methyl sites for hydroxylation is 2. The van der Waals surface area contributed by atoms with Gasteiger partial charge in [-0.15, -0.1) is 11.3 Å². The third-order valence-corrected chi connectivity index (χ3v) is 3.89. The van der Waals surface area contributed by atoms with Gasteiger partial charge >= 0.3 is 0 Å². The maximum absolute atomic E-state index is 12.0. The highest BCUT2D eigenvalue weighted by atomic mass is 35.5. The number of nitrogens with two attached hydrogens (primary N) is 1. The van der Waals surface area contributed by atoms with Gasteiger partial charge in [0.05, 0.1) is 21.3 Å². The number of anilines is 2. The molecule has 1 amide bonds. The van der Waals surface area contributed by atoms with Gasteiger partial charge < -0.3 is 11.1 Å². The van der Waals surface area contributed by atoms with Gasteiger partial charge in [0.25, 0.3) is 5.91 Å². The Hall–Kier alpha value is -1.24. The Labute approximate surface area is 117 Å². The van der Waals surface area contributed by atoms with Crippen LogP contribution >= 0.6 is 34.5 Å². The molecule has 0 aromatic carbocycles. The van der Waals surface area contributed by atoms with Crippen molar-refractivity contribution in [3.8, 4) is 0 Å². The van der Waals surface area contributed by atoms with Crippen LogP contribution in [0, 0.1) is 6.92 Å². The summed E-state index contributed by atoms with van der Waals surface area (Å²) in [7, 11) is 1.70. The van der Waals surface area contributed by atoms with E-state index in [9.17, 15) is 4.79 Å². The first kappa shape index (κ1) is 13.2. The lowest BCUT2D eigenvalue weighted by Crippen LogP contribution is -2.15. The number of nitrogens with zero attached hydrogens (tertiary/aromatic N) is 2. The van der Waals surface area contributed by atoms with Crippen LogP contribution in [0.2, 0.25) is 8.67 Å². The van der Waals surface area contributed by atoms with Crippen LogP contribution in [0.25, 0.3) is 0 Å². The third kappa shape index (κ3) is 2.31. The van der Waals surface area contributed by atoms with E-state index in [4.69, 9.17) is 28.9 Å². The Morgan fingerprint density at radius 1 is 1.56 bits per heavy atom. The Bertz CT molecular complexity index is 620. The third-order valence-electron chi connectivity index (χ3n) is 2.40. The molecule has 2 heterocycles. The average molecular weight is 305 g/mol. The van der Waals surface area contributed by atoms with Crippen molar-refractivity contribution in [2.24, 2.45) is 7.05 Å². The summed E-state index contributed by atoms with van der Waals surface area (Å²) in [6, 6.07) is 1.52. The highest BCUT2D eigenvalue weighted by molar-refractivity contribution is 7.20. The van der Waals surface area contributed by atoms with Gasteiger partial charge in [-0.2, -0.15) is 5.10 Å². The average Bonchev–Trinajstić information content (AvgIpc) is 2.73. The minimum Gasteiger partial charge on any atom is -0.394 e. The number of aromatic nitrogens is 2. The van der Waals surface area contributed by atoms with E-state index in [1.807, 2.05) is 0 Å². The van der Waals surface area contributed by atoms with Gasteiger partial charge in [0.2, 0.25) is 0 Å². The summed E-state index contributed by atoms with van der Waals surface area (Å²) < 4.78 is 2.30. The van der Waals surface area contributed by atoms with Crippen LogP contribution in [0.1, 0.15) is 16.1 Å². The number of rotatable bonds is 2. The molecule has 18 heavy (non-hydrogen) atoms. The molecule has 0 saturated heterocycles. The zero-order chi connectivity index (χ0) is 13.4. The van der Waals surface area contributed by atoms with Gasteiger partial charge in [0, 0.05) is 7.05 Å². The number of hydrogen-bond donors (Lipinski definition) is 2. The summed E-state index contributed by atoms with van der Waals surface area (Å²) in [5, 5.41) is 6.78. The predicted molar refractivity (Wildman–Crippen MR) is 74.6 cm³/mol. The molecule has 0 unspecified atom stereocenters. The minimum atomic E-state index is -0.363. The largest absolute Gasteiger partial charge is 0.394 e. The number of hydrogen-bond acceptors (Lipinski definition) is 4. The van der Waals surface area contributed by atoms with Crippen LogP contribution < -0.4 is 11.1 Å². The van der Waals surface area contributed by atoms with Crippen LogP contribution in [0.5, 0.6) is 0 Å². The van der Waals surface area contributed by atoms with Gasteiger partial charge in [-0.1, -0.05) is 23.2 Å². The van der Waals surface area contributed by atoms with Crippen molar-refractivity contribution in [2.45, 2.75) is 6.92 Å². The van der Waals surface area contributed by atoms with E-state index in [2.05, 4.69) is 10.4 Å². The van der Waals surface area contributed by atoms with Crippen molar-refractivity contribution in [1.82, 2.24) is 9.78 Å². The second-order valence-electron chi connectivity index (χ2n) is 3.66. The first-order valence-electron chi connectivity index (χ1n) is 4.95. The molecule has 3 N–H and O–H groups in total. The van der Waals surface area contributed by atoms with E-state index in [0.29, 0.717) is 31.4 Å². The number of nitrogens with one attached hydrogen (secondary N) is 1. The van der Waals surface area contributed by atoms with E-state index in [1.165, 1.54) is 10.7 Å². The lowest BCUT2D eigenvalue weighted by atomic mass is 10.3. The molecule has 2 rings (SSSR count). The number of amides is 1. The summed E-state index contributed by atoms with van der Waals surface area (Å²) in [5.41, 5.74) is 7.23. The number of carbonyl (C=O) groups is 1. The molecule has 0 spiro atoms. The molecule has 8 heteroatoms. The molecule has 96 valence electrons. The van der Waals surface area contributed by atoms with Crippen LogP contribution in [-0.2, 0) is 7.05 Å². The molecule has 2 aromatic heterocycles. The quantitative estimate of drug-likeness (QED) is 0.896. The highest BCUT2D eigenvalue weighted by Gasteiger charge is 2.18. The molecule has 2 aromatic rings. The fourth-order valence-electron chi connectivity index (χ4n) is 1.49. The van der Waals surface area contributed by atoms with Crippen molar-refractivity contribution < 1.29 is 4.79 Å².